The molecular formula is C25H30F3NO2. The topological polar surface area (TPSA) is 49.3 Å². The zero-order chi connectivity index (χ0) is 22.8. The van der Waals surface area contributed by atoms with E-state index in [4.69, 9.17) is 0 Å². The lowest BCUT2D eigenvalue weighted by Crippen LogP contribution is -2.35. The molecule has 2 aromatic carbocycles. The number of hydrogen-bond donors (Lipinski definition) is 2. The van der Waals surface area contributed by atoms with Crippen molar-refractivity contribution >= 4 is 5.97 Å². The summed E-state index contributed by atoms with van der Waals surface area (Å²) in [5.41, 5.74) is 2.48. The third-order valence-electron chi connectivity index (χ3n) is 6.06. The van der Waals surface area contributed by atoms with Gasteiger partial charge < -0.3 is 10.4 Å². The molecule has 168 valence electrons. The first-order chi connectivity index (χ1) is 14.5. The summed E-state index contributed by atoms with van der Waals surface area (Å²) in [5, 5.41) is 13.3. The number of carboxylic acid groups (broad SMARTS) is 1. The summed E-state index contributed by atoms with van der Waals surface area (Å²) in [6, 6.07) is 11.3. The fourth-order valence-corrected chi connectivity index (χ4v) is 4.27. The first-order valence-corrected chi connectivity index (χ1v) is 10.8. The van der Waals surface area contributed by atoms with Gasteiger partial charge in [-0.1, -0.05) is 44.2 Å². The first-order valence-electron chi connectivity index (χ1n) is 10.8. The van der Waals surface area contributed by atoms with E-state index in [0.29, 0.717) is 23.6 Å². The Balaban J connectivity index is 2.05. The molecule has 3 unspecified atom stereocenters. The predicted molar refractivity (Wildman–Crippen MR) is 116 cm³/mol. The minimum absolute atomic E-state index is 0.205. The van der Waals surface area contributed by atoms with Crippen LogP contribution in [0.5, 0.6) is 0 Å². The Kier molecular flexibility index (Phi) is 7.10. The van der Waals surface area contributed by atoms with Gasteiger partial charge in [-0.2, -0.15) is 13.2 Å². The van der Waals surface area contributed by atoms with Crippen LogP contribution in [0.1, 0.15) is 68.6 Å². The highest BCUT2D eigenvalue weighted by Crippen LogP contribution is 2.36. The molecule has 3 atom stereocenters. The van der Waals surface area contributed by atoms with E-state index in [1.165, 1.54) is 12.1 Å². The highest BCUT2D eigenvalue weighted by Gasteiger charge is 2.30. The fraction of sp³-hybridized carbons (Fsp3) is 0.480. The second-order valence-corrected chi connectivity index (χ2v) is 9.07. The molecule has 1 saturated heterocycles. The summed E-state index contributed by atoms with van der Waals surface area (Å²) < 4.78 is 38.9. The average molecular weight is 434 g/mol. The van der Waals surface area contributed by atoms with E-state index in [2.05, 4.69) is 12.2 Å². The van der Waals surface area contributed by atoms with Gasteiger partial charge in [0.2, 0.25) is 0 Å². The first kappa shape index (κ1) is 23.3. The Hall–Kier alpha value is -2.34. The molecule has 2 aromatic rings. The second kappa shape index (κ2) is 9.43. The lowest BCUT2D eigenvalue weighted by atomic mass is 9.82. The van der Waals surface area contributed by atoms with Crippen LogP contribution in [0.4, 0.5) is 13.2 Å². The van der Waals surface area contributed by atoms with Crippen molar-refractivity contribution in [1.29, 1.82) is 0 Å². The molecule has 31 heavy (non-hydrogen) atoms. The van der Waals surface area contributed by atoms with Crippen LogP contribution >= 0.6 is 0 Å². The zero-order valence-corrected chi connectivity index (χ0v) is 18.2. The molecule has 0 spiro atoms. The standard InChI is InChI=1S/C25H30F3NO2/c1-15(2)10-23(24(30)31)21-12-19(17-6-8-22(9-7-17)25(26,27)28)11-20(13-21)18-5-4-16(3)29-14-18/h6-9,11-13,15-16,18,23,29H,4-5,10,14H2,1-3H3,(H,30,31). The predicted octanol–water partition coefficient (Wildman–Crippen LogP) is 6.44. The Morgan fingerprint density at radius 2 is 1.77 bits per heavy atom. The van der Waals surface area contributed by atoms with Crippen LogP contribution in [-0.2, 0) is 11.0 Å². The lowest BCUT2D eigenvalue weighted by molar-refractivity contribution is -0.139. The number of piperidine rings is 1. The summed E-state index contributed by atoms with van der Waals surface area (Å²) >= 11 is 0. The normalized spacial score (nSPS) is 20.6. The van der Waals surface area contributed by atoms with Crippen molar-refractivity contribution in [3.63, 3.8) is 0 Å². The van der Waals surface area contributed by atoms with Gasteiger partial charge in [0.25, 0.3) is 0 Å². The number of rotatable bonds is 6. The van der Waals surface area contributed by atoms with Crippen LogP contribution in [0, 0.1) is 5.92 Å². The number of benzene rings is 2. The van der Waals surface area contributed by atoms with E-state index in [9.17, 15) is 23.1 Å². The summed E-state index contributed by atoms with van der Waals surface area (Å²) in [5.74, 6) is -1.07. The number of aliphatic carboxylic acids is 1. The third-order valence-corrected chi connectivity index (χ3v) is 6.06. The Labute approximate surface area is 181 Å². The highest BCUT2D eigenvalue weighted by atomic mass is 19.4. The molecule has 1 fully saturated rings. The van der Waals surface area contributed by atoms with Crippen molar-refractivity contribution in [2.24, 2.45) is 5.92 Å². The maximum atomic E-state index is 13.0. The smallest absolute Gasteiger partial charge is 0.416 e. The van der Waals surface area contributed by atoms with Gasteiger partial charge in [-0.25, -0.2) is 0 Å². The van der Waals surface area contributed by atoms with Crippen LogP contribution in [0.2, 0.25) is 0 Å². The molecule has 0 radical (unpaired) electrons. The molecule has 2 N–H and O–H groups in total. The van der Waals surface area contributed by atoms with Crippen LogP contribution in [-0.4, -0.2) is 23.7 Å². The molecule has 0 aliphatic carbocycles. The maximum Gasteiger partial charge on any atom is 0.416 e. The van der Waals surface area contributed by atoms with Crippen LogP contribution in [0.3, 0.4) is 0 Å². The van der Waals surface area contributed by atoms with Crippen molar-refractivity contribution in [2.45, 2.75) is 64.1 Å². The SMILES string of the molecule is CC(C)CC(C(=O)O)c1cc(-c2ccc(C(F)(F)F)cc2)cc(C2CCC(C)NC2)c1. The molecule has 3 rings (SSSR count). The van der Waals surface area contributed by atoms with Gasteiger partial charge in [0.05, 0.1) is 11.5 Å². The zero-order valence-electron chi connectivity index (χ0n) is 18.2. The van der Waals surface area contributed by atoms with Gasteiger partial charge in [0, 0.05) is 12.6 Å². The minimum atomic E-state index is -4.39. The van der Waals surface area contributed by atoms with Gasteiger partial charge in [-0.3, -0.25) is 4.79 Å². The van der Waals surface area contributed by atoms with Gasteiger partial charge >= 0.3 is 12.1 Å². The number of alkyl halides is 3. The van der Waals surface area contributed by atoms with Crippen molar-refractivity contribution in [3.05, 3.63) is 59.2 Å². The summed E-state index contributed by atoms with van der Waals surface area (Å²) in [6.07, 6.45) is -1.86. The lowest BCUT2D eigenvalue weighted by Gasteiger charge is -2.29. The van der Waals surface area contributed by atoms with Gasteiger partial charge in [-0.05, 0) is 72.4 Å². The van der Waals surface area contributed by atoms with E-state index in [-0.39, 0.29) is 11.8 Å². The van der Waals surface area contributed by atoms with Crippen LogP contribution in [0.15, 0.2) is 42.5 Å². The average Bonchev–Trinajstić information content (AvgIpc) is 2.71. The van der Waals surface area contributed by atoms with Gasteiger partial charge in [0.1, 0.15) is 0 Å². The number of halogens is 3. The molecule has 0 saturated carbocycles. The molecule has 0 amide bonds. The quantitative estimate of drug-likeness (QED) is 0.551. The van der Waals surface area contributed by atoms with E-state index >= 15 is 0 Å². The number of carbonyl (C=O) groups is 1. The maximum absolute atomic E-state index is 13.0. The Morgan fingerprint density at radius 1 is 1.10 bits per heavy atom. The Bertz CT molecular complexity index is 898. The molecule has 1 aliphatic rings. The minimum Gasteiger partial charge on any atom is -0.481 e. The van der Waals surface area contributed by atoms with Crippen LogP contribution < -0.4 is 5.32 Å². The summed E-state index contributed by atoms with van der Waals surface area (Å²) in [7, 11) is 0. The number of hydrogen-bond acceptors (Lipinski definition) is 2. The van der Waals surface area contributed by atoms with Crippen molar-refractivity contribution in [3.8, 4) is 11.1 Å². The van der Waals surface area contributed by atoms with Crippen molar-refractivity contribution in [1.82, 2.24) is 5.32 Å². The Morgan fingerprint density at radius 3 is 2.29 bits per heavy atom. The molecule has 1 heterocycles. The molecule has 6 heteroatoms. The van der Waals surface area contributed by atoms with Crippen molar-refractivity contribution < 1.29 is 23.1 Å². The molecule has 0 aromatic heterocycles. The molecular weight excluding hydrogens is 403 g/mol. The van der Waals surface area contributed by atoms with E-state index in [1.54, 1.807) is 0 Å². The van der Waals surface area contributed by atoms with Gasteiger partial charge in [0.15, 0.2) is 0 Å². The number of nitrogens with one attached hydrogen (secondary N) is 1. The van der Waals surface area contributed by atoms with E-state index in [0.717, 1.165) is 42.6 Å². The van der Waals surface area contributed by atoms with Gasteiger partial charge in [-0.15, -0.1) is 0 Å². The van der Waals surface area contributed by atoms with E-state index < -0.39 is 23.6 Å². The summed E-state index contributed by atoms with van der Waals surface area (Å²) in [4.78, 5) is 12.0. The molecule has 0 bridgehead atoms. The third kappa shape index (κ3) is 5.88. The molecule has 3 nitrogen and oxygen atoms in total. The second-order valence-electron chi connectivity index (χ2n) is 9.07. The van der Waals surface area contributed by atoms with Crippen molar-refractivity contribution in [2.75, 3.05) is 6.54 Å². The summed E-state index contributed by atoms with van der Waals surface area (Å²) in [6.45, 7) is 6.92. The fourth-order valence-electron chi connectivity index (χ4n) is 4.27. The largest absolute Gasteiger partial charge is 0.481 e. The van der Waals surface area contributed by atoms with Crippen LogP contribution in [0.25, 0.3) is 11.1 Å². The number of carboxylic acids is 1. The molecule has 1 aliphatic heterocycles. The van der Waals surface area contributed by atoms with E-state index in [1.807, 2.05) is 32.0 Å². The highest BCUT2D eigenvalue weighted by molar-refractivity contribution is 5.77. The monoisotopic (exact) mass is 433 g/mol.